The van der Waals surface area contributed by atoms with Crippen molar-refractivity contribution in [3.05, 3.63) is 65.2 Å². The van der Waals surface area contributed by atoms with Gasteiger partial charge in [-0.25, -0.2) is 0 Å². The summed E-state index contributed by atoms with van der Waals surface area (Å²) in [6.07, 6.45) is 6.46. The molecule has 3 rings (SSSR count). The highest BCUT2D eigenvalue weighted by molar-refractivity contribution is 5.88. The number of hydrogen-bond acceptors (Lipinski definition) is 3. The molecule has 2 aromatic carbocycles. The second kappa shape index (κ2) is 11.7. The molecule has 32 heavy (non-hydrogen) atoms. The molecule has 0 bridgehead atoms. The third-order valence-electron chi connectivity index (χ3n) is 6.29. The third-order valence-corrected chi connectivity index (χ3v) is 6.29. The van der Waals surface area contributed by atoms with Crippen molar-refractivity contribution in [1.82, 2.24) is 10.2 Å². The molecule has 0 spiro atoms. The van der Waals surface area contributed by atoms with Crippen molar-refractivity contribution in [3.8, 4) is 5.75 Å². The van der Waals surface area contributed by atoms with Crippen LogP contribution in [0.3, 0.4) is 0 Å². The van der Waals surface area contributed by atoms with Crippen molar-refractivity contribution in [2.45, 2.75) is 77.4 Å². The Morgan fingerprint density at radius 1 is 1.06 bits per heavy atom. The van der Waals surface area contributed by atoms with Gasteiger partial charge in [-0.2, -0.15) is 0 Å². The lowest BCUT2D eigenvalue weighted by Gasteiger charge is -2.33. The highest BCUT2D eigenvalue weighted by Gasteiger charge is 2.30. The van der Waals surface area contributed by atoms with E-state index < -0.39 is 6.04 Å². The molecule has 2 amide bonds. The second-order valence-electron chi connectivity index (χ2n) is 8.80. The number of nitrogens with one attached hydrogen (secondary N) is 1. The summed E-state index contributed by atoms with van der Waals surface area (Å²) in [7, 11) is 1.63. The maximum Gasteiger partial charge on any atom is 0.243 e. The number of carbonyl (C=O) groups is 2. The molecule has 0 aromatic heterocycles. The lowest BCUT2D eigenvalue weighted by molar-refractivity contribution is -0.141. The van der Waals surface area contributed by atoms with Crippen LogP contribution in [0.4, 0.5) is 0 Å². The Morgan fingerprint density at radius 2 is 1.78 bits per heavy atom. The molecule has 0 unspecified atom stereocenters. The van der Waals surface area contributed by atoms with Crippen LogP contribution in [0.2, 0.25) is 0 Å². The first kappa shape index (κ1) is 23.8. The molecule has 2 aromatic rings. The first-order chi connectivity index (χ1) is 15.5. The summed E-state index contributed by atoms with van der Waals surface area (Å²) in [5, 5.41) is 3.23. The van der Waals surface area contributed by atoms with E-state index in [1.54, 1.807) is 12.0 Å². The van der Waals surface area contributed by atoms with Crippen LogP contribution in [0.5, 0.6) is 5.75 Å². The van der Waals surface area contributed by atoms with E-state index in [1.807, 2.05) is 62.4 Å². The molecule has 0 radical (unpaired) electrons. The number of hydrogen-bond donors (Lipinski definition) is 1. The van der Waals surface area contributed by atoms with Gasteiger partial charge in [0.05, 0.1) is 13.5 Å². The van der Waals surface area contributed by atoms with Crippen molar-refractivity contribution in [2.24, 2.45) is 0 Å². The number of carbonyl (C=O) groups excluding carboxylic acids is 2. The summed E-state index contributed by atoms with van der Waals surface area (Å²) < 4.78 is 5.26. The van der Waals surface area contributed by atoms with Crippen molar-refractivity contribution in [1.29, 1.82) is 0 Å². The fraction of sp³-hybridized carbons (Fsp3) is 0.481. The zero-order valence-corrected chi connectivity index (χ0v) is 19.6. The first-order valence-corrected chi connectivity index (χ1v) is 11.8. The van der Waals surface area contributed by atoms with Gasteiger partial charge in [0.25, 0.3) is 0 Å². The number of ether oxygens (including phenoxy) is 1. The Labute approximate surface area is 192 Å². The van der Waals surface area contributed by atoms with Crippen molar-refractivity contribution in [2.75, 3.05) is 7.11 Å². The van der Waals surface area contributed by atoms with E-state index in [4.69, 9.17) is 4.74 Å². The lowest BCUT2D eigenvalue weighted by Crippen LogP contribution is -2.51. The molecule has 1 saturated carbocycles. The van der Waals surface area contributed by atoms with E-state index in [9.17, 15) is 9.59 Å². The fourth-order valence-corrected chi connectivity index (χ4v) is 4.49. The molecule has 1 fully saturated rings. The van der Waals surface area contributed by atoms with Gasteiger partial charge in [-0.05, 0) is 49.4 Å². The van der Waals surface area contributed by atoms with Gasteiger partial charge < -0.3 is 15.0 Å². The molecule has 1 aliphatic rings. The van der Waals surface area contributed by atoms with Gasteiger partial charge in [0.1, 0.15) is 11.8 Å². The zero-order valence-electron chi connectivity index (χ0n) is 19.6. The number of amides is 2. The van der Waals surface area contributed by atoms with Gasteiger partial charge in [0.15, 0.2) is 0 Å². The zero-order chi connectivity index (χ0) is 22.9. The monoisotopic (exact) mass is 436 g/mol. The molecule has 1 aliphatic carbocycles. The number of rotatable bonds is 9. The summed E-state index contributed by atoms with van der Waals surface area (Å²) in [6.45, 7) is 4.40. The average molecular weight is 437 g/mol. The van der Waals surface area contributed by atoms with E-state index in [0.717, 1.165) is 48.1 Å². The van der Waals surface area contributed by atoms with Crippen LogP contribution in [0.15, 0.2) is 48.5 Å². The highest BCUT2D eigenvalue weighted by Crippen LogP contribution is 2.20. The minimum atomic E-state index is -0.490. The molecule has 0 aliphatic heterocycles. The number of aryl methyl sites for hydroxylation is 1. The second-order valence-corrected chi connectivity index (χ2v) is 8.80. The topological polar surface area (TPSA) is 58.6 Å². The molecular formula is C27H36N2O3. The van der Waals surface area contributed by atoms with E-state index in [1.165, 1.54) is 6.42 Å². The van der Waals surface area contributed by atoms with Gasteiger partial charge >= 0.3 is 0 Å². The summed E-state index contributed by atoms with van der Waals surface area (Å²) in [4.78, 5) is 28.5. The largest absolute Gasteiger partial charge is 0.497 e. The molecule has 5 heteroatoms. The Kier molecular flexibility index (Phi) is 8.72. The van der Waals surface area contributed by atoms with Crippen LogP contribution in [0, 0.1) is 6.92 Å². The van der Waals surface area contributed by atoms with E-state index >= 15 is 0 Å². The fourth-order valence-electron chi connectivity index (χ4n) is 4.49. The van der Waals surface area contributed by atoms with E-state index in [-0.39, 0.29) is 24.3 Å². The minimum absolute atomic E-state index is 0.0305. The molecule has 0 heterocycles. The van der Waals surface area contributed by atoms with E-state index in [0.29, 0.717) is 13.0 Å². The standard InChI is InChI=1S/C27H36N2O3/c1-4-25(27(31)28-23-11-6-5-7-12-23)29(19-21-13-15-24(32-3)16-14-21)26(30)18-22-10-8-9-20(2)17-22/h8-10,13-17,23,25H,4-7,11-12,18-19H2,1-3H3,(H,28,31)/t25-/m0/s1. The SMILES string of the molecule is CC[C@@H](C(=O)NC1CCCCC1)N(Cc1ccc(OC)cc1)C(=O)Cc1cccc(C)c1. The molecule has 1 atom stereocenters. The van der Waals surface area contributed by atoms with Crippen LogP contribution in [-0.4, -0.2) is 35.9 Å². The predicted octanol–water partition coefficient (Wildman–Crippen LogP) is 4.80. The van der Waals surface area contributed by atoms with Crippen LogP contribution >= 0.6 is 0 Å². The molecule has 1 N–H and O–H groups in total. The third kappa shape index (κ3) is 6.59. The number of methoxy groups -OCH3 is 1. The number of benzene rings is 2. The van der Waals surface area contributed by atoms with Crippen molar-refractivity contribution in [3.63, 3.8) is 0 Å². The van der Waals surface area contributed by atoms with Crippen LogP contribution < -0.4 is 10.1 Å². The summed E-state index contributed by atoms with van der Waals surface area (Å²) in [5.41, 5.74) is 3.07. The molecular weight excluding hydrogens is 400 g/mol. The lowest BCUT2D eigenvalue weighted by atomic mass is 9.95. The van der Waals surface area contributed by atoms with Crippen molar-refractivity contribution >= 4 is 11.8 Å². The van der Waals surface area contributed by atoms with Crippen LogP contribution in [0.25, 0.3) is 0 Å². The quantitative estimate of drug-likeness (QED) is 0.614. The Balaban J connectivity index is 1.80. The molecule has 5 nitrogen and oxygen atoms in total. The number of nitrogens with zero attached hydrogens (tertiary/aromatic N) is 1. The summed E-state index contributed by atoms with van der Waals surface area (Å²) in [5.74, 6) is 0.705. The Hall–Kier alpha value is -2.82. The average Bonchev–Trinajstić information content (AvgIpc) is 2.80. The summed E-state index contributed by atoms with van der Waals surface area (Å²) >= 11 is 0. The first-order valence-electron chi connectivity index (χ1n) is 11.8. The maximum atomic E-state index is 13.5. The van der Waals surface area contributed by atoms with Gasteiger partial charge in [0.2, 0.25) is 11.8 Å². The van der Waals surface area contributed by atoms with E-state index in [2.05, 4.69) is 5.32 Å². The Bertz CT molecular complexity index is 888. The van der Waals surface area contributed by atoms with Gasteiger partial charge in [0, 0.05) is 12.6 Å². The Morgan fingerprint density at radius 3 is 2.41 bits per heavy atom. The molecule has 172 valence electrons. The van der Waals surface area contributed by atoms with Crippen molar-refractivity contribution < 1.29 is 14.3 Å². The van der Waals surface area contributed by atoms with Gasteiger partial charge in [-0.15, -0.1) is 0 Å². The molecule has 0 saturated heterocycles. The predicted molar refractivity (Wildman–Crippen MR) is 128 cm³/mol. The van der Waals surface area contributed by atoms with Gasteiger partial charge in [-0.1, -0.05) is 68.1 Å². The van der Waals surface area contributed by atoms with Gasteiger partial charge in [-0.3, -0.25) is 9.59 Å². The maximum absolute atomic E-state index is 13.5. The highest BCUT2D eigenvalue weighted by atomic mass is 16.5. The minimum Gasteiger partial charge on any atom is -0.497 e. The van der Waals surface area contributed by atoms with Crippen LogP contribution in [0.1, 0.15) is 62.1 Å². The smallest absolute Gasteiger partial charge is 0.243 e. The summed E-state index contributed by atoms with van der Waals surface area (Å²) in [6, 6.07) is 15.4. The van der Waals surface area contributed by atoms with Crippen LogP contribution in [-0.2, 0) is 22.6 Å². The normalized spacial score (nSPS) is 15.1.